The molecule has 0 spiro atoms. The van der Waals surface area contributed by atoms with E-state index in [9.17, 15) is 17.6 Å². The minimum absolute atomic E-state index is 0.104. The topological polar surface area (TPSA) is 27.1 Å². The lowest BCUT2D eigenvalue weighted by atomic mass is 10.4. The molecule has 0 aliphatic heterocycles. The lowest BCUT2D eigenvalue weighted by molar-refractivity contribution is -0.141. The number of nitrogens with zero attached hydrogens (tertiary/aromatic N) is 2. The lowest BCUT2D eigenvalue weighted by Gasteiger charge is -2.09. The van der Waals surface area contributed by atoms with Gasteiger partial charge in [-0.1, -0.05) is 0 Å². The Kier molecular flexibility index (Phi) is 3.21. The molecule has 7 heteroatoms. The van der Waals surface area contributed by atoms with Gasteiger partial charge in [-0.3, -0.25) is 0 Å². The van der Waals surface area contributed by atoms with Gasteiger partial charge in [-0.05, 0) is 6.92 Å². The van der Waals surface area contributed by atoms with Gasteiger partial charge in [0.15, 0.2) is 5.69 Å². The first kappa shape index (κ1) is 11.8. The third-order valence-electron chi connectivity index (χ3n) is 1.67. The summed E-state index contributed by atoms with van der Waals surface area (Å²) in [5, 5.41) is 3.21. The second-order valence-corrected chi connectivity index (χ2v) is 3.07. The molecule has 0 radical (unpaired) electrons. The molecule has 0 bridgehead atoms. The van der Waals surface area contributed by atoms with Gasteiger partial charge in [0.05, 0.1) is 0 Å². The smallest absolute Gasteiger partial charge is 0.435 e. The molecule has 3 nitrogen and oxygen atoms in total. The maximum absolute atomic E-state index is 12.2. The molecule has 15 heavy (non-hydrogen) atoms. The summed E-state index contributed by atoms with van der Waals surface area (Å²) >= 11 is 0. The fraction of sp³-hybridized carbons (Fsp3) is 0.625. The van der Waals surface area contributed by atoms with Gasteiger partial charge in [0.1, 0.15) is 12.8 Å². The monoisotopic (exact) mass is 226 g/mol. The second-order valence-electron chi connectivity index (χ2n) is 3.07. The maximum Gasteiger partial charge on any atom is 0.435 e. The molecular weight excluding hydrogens is 216 g/mol. The highest BCUT2D eigenvalue weighted by molar-refractivity contribution is 5.18. The predicted octanol–water partition coefficient (Wildman–Crippen LogP) is 2.18. The summed E-state index contributed by atoms with van der Waals surface area (Å²) in [7, 11) is 1.30. The van der Waals surface area contributed by atoms with Crippen LogP contribution in [-0.4, -0.2) is 22.6 Å². The zero-order valence-corrected chi connectivity index (χ0v) is 8.18. The zero-order valence-electron chi connectivity index (χ0n) is 8.18. The highest BCUT2D eigenvalue weighted by atomic mass is 19.4. The third-order valence-corrected chi connectivity index (χ3v) is 1.67. The molecule has 1 unspecified atom stereocenters. The predicted molar refractivity (Wildman–Crippen MR) is 44.3 cm³/mol. The van der Waals surface area contributed by atoms with Crippen molar-refractivity contribution in [2.24, 2.45) is 7.05 Å². The molecular formula is C8H10F4N2O. The van der Waals surface area contributed by atoms with E-state index in [1.54, 1.807) is 0 Å². The summed E-state index contributed by atoms with van der Waals surface area (Å²) in [5.74, 6) is -0.104. The minimum Gasteiger partial charge on any atom is -0.472 e. The van der Waals surface area contributed by atoms with Crippen molar-refractivity contribution in [1.29, 1.82) is 0 Å². The molecule has 1 heterocycles. The zero-order chi connectivity index (χ0) is 11.6. The van der Waals surface area contributed by atoms with Crippen LogP contribution in [0.2, 0.25) is 0 Å². The van der Waals surface area contributed by atoms with Crippen LogP contribution in [0.4, 0.5) is 17.6 Å². The molecule has 0 aliphatic carbocycles. The highest BCUT2D eigenvalue weighted by Gasteiger charge is 2.35. The molecule has 0 aromatic carbocycles. The van der Waals surface area contributed by atoms with Crippen LogP contribution in [0, 0.1) is 0 Å². The standard InChI is InChI=1S/C8H10F4N2O/c1-5(4-9)15-7-3-6(8(10,11)12)13-14(7)2/h3,5H,4H2,1-2H3. The van der Waals surface area contributed by atoms with Crippen molar-refractivity contribution in [2.75, 3.05) is 6.67 Å². The molecule has 0 amide bonds. The Balaban J connectivity index is 2.87. The number of aromatic nitrogens is 2. The Morgan fingerprint density at radius 2 is 2.13 bits per heavy atom. The Hall–Kier alpha value is -1.27. The fourth-order valence-corrected chi connectivity index (χ4v) is 0.937. The van der Waals surface area contributed by atoms with Gasteiger partial charge in [0, 0.05) is 13.1 Å². The van der Waals surface area contributed by atoms with Gasteiger partial charge >= 0.3 is 6.18 Å². The van der Waals surface area contributed by atoms with Gasteiger partial charge in [0.2, 0.25) is 5.88 Å². The van der Waals surface area contributed by atoms with Crippen molar-refractivity contribution in [1.82, 2.24) is 9.78 Å². The number of halogens is 4. The van der Waals surface area contributed by atoms with Crippen molar-refractivity contribution in [3.05, 3.63) is 11.8 Å². The number of aryl methyl sites for hydroxylation is 1. The first-order chi connectivity index (χ1) is 6.84. The summed E-state index contributed by atoms with van der Waals surface area (Å²) in [6.07, 6.45) is -5.31. The van der Waals surface area contributed by atoms with Crippen LogP contribution >= 0.6 is 0 Å². The molecule has 86 valence electrons. The van der Waals surface area contributed by atoms with Gasteiger partial charge in [-0.15, -0.1) is 0 Å². The molecule has 1 aromatic heterocycles. The molecule has 1 aromatic rings. The van der Waals surface area contributed by atoms with E-state index in [0.29, 0.717) is 0 Å². The quantitative estimate of drug-likeness (QED) is 0.738. The maximum atomic E-state index is 12.2. The Morgan fingerprint density at radius 3 is 2.53 bits per heavy atom. The Bertz CT molecular complexity index is 334. The average molecular weight is 226 g/mol. The number of hydrogen-bond donors (Lipinski definition) is 0. The molecule has 0 aliphatic rings. The molecule has 0 fully saturated rings. The SMILES string of the molecule is CC(CF)Oc1cc(C(F)(F)F)nn1C. The van der Waals surface area contributed by atoms with Crippen molar-refractivity contribution < 1.29 is 22.3 Å². The van der Waals surface area contributed by atoms with Crippen LogP contribution in [0.3, 0.4) is 0 Å². The van der Waals surface area contributed by atoms with E-state index in [1.165, 1.54) is 14.0 Å². The van der Waals surface area contributed by atoms with Gasteiger partial charge in [0.25, 0.3) is 0 Å². The number of ether oxygens (including phenoxy) is 1. The third kappa shape index (κ3) is 2.84. The van der Waals surface area contributed by atoms with Gasteiger partial charge in [-0.25, -0.2) is 9.07 Å². The summed E-state index contributed by atoms with van der Waals surface area (Å²) in [4.78, 5) is 0. The van der Waals surface area contributed by atoms with Crippen LogP contribution in [0.15, 0.2) is 6.07 Å². The van der Waals surface area contributed by atoms with Crippen LogP contribution < -0.4 is 4.74 Å². The lowest BCUT2D eigenvalue weighted by Crippen LogP contribution is -2.15. The molecule has 0 N–H and O–H groups in total. The van der Waals surface area contributed by atoms with Crippen molar-refractivity contribution in [3.8, 4) is 5.88 Å². The van der Waals surface area contributed by atoms with Gasteiger partial charge in [-0.2, -0.15) is 18.3 Å². The molecule has 1 atom stereocenters. The van der Waals surface area contributed by atoms with Crippen LogP contribution in [0.25, 0.3) is 0 Å². The Morgan fingerprint density at radius 1 is 1.53 bits per heavy atom. The summed E-state index contributed by atoms with van der Waals surface area (Å²) in [5.41, 5.74) is -1.05. The van der Waals surface area contributed by atoms with Crippen LogP contribution in [0.1, 0.15) is 12.6 Å². The molecule has 0 saturated heterocycles. The first-order valence-corrected chi connectivity index (χ1v) is 4.18. The number of alkyl halides is 4. The van der Waals surface area contributed by atoms with Crippen molar-refractivity contribution in [2.45, 2.75) is 19.2 Å². The van der Waals surface area contributed by atoms with Crippen LogP contribution in [-0.2, 0) is 13.2 Å². The second kappa shape index (κ2) is 4.08. The van der Waals surface area contributed by atoms with Gasteiger partial charge < -0.3 is 4.74 Å². The van der Waals surface area contributed by atoms with E-state index in [-0.39, 0.29) is 5.88 Å². The van der Waals surface area contributed by atoms with E-state index in [0.717, 1.165) is 10.7 Å². The average Bonchev–Trinajstić information content (AvgIpc) is 2.47. The van der Waals surface area contributed by atoms with E-state index in [4.69, 9.17) is 4.74 Å². The Labute approximate surface area is 83.6 Å². The van der Waals surface area contributed by atoms with Crippen molar-refractivity contribution >= 4 is 0 Å². The fourth-order valence-electron chi connectivity index (χ4n) is 0.937. The number of rotatable bonds is 3. The highest BCUT2D eigenvalue weighted by Crippen LogP contribution is 2.30. The minimum atomic E-state index is -4.52. The molecule has 0 saturated carbocycles. The number of hydrogen-bond acceptors (Lipinski definition) is 2. The summed E-state index contributed by atoms with van der Waals surface area (Å²) in [6.45, 7) is 0.646. The summed E-state index contributed by atoms with van der Waals surface area (Å²) < 4.78 is 54.5. The van der Waals surface area contributed by atoms with E-state index >= 15 is 0 Å². The summed E-state index contributed by atoms with van der Waals surface area (Å²) in [6, 6.07) is 0.742. The van der Waals surface area contributed by atoms with Crippen molar-refractivity contribution in [3.63, 3.8) is 0 Å². The normalized spacial score (nSPS) is 14.0. The van der Waals surface area contributed by atoms with Crippen LogP contribution in [0.5, 0.6) is 5.88 Å². The molecule has 1 rings (SSSR count). The van der Waals surface area contributed by atoms with E-state index in [1.807, 2.05) is 0 Å². The largest absolute Gasteiger partial charge is 0.472 e. The first-order valence-electron chi connectivity index (χ1n) is 4.18. The van der Waals surface area contributed by atoms with E-state index < -0.39 is 24.6 Å². The van der Waals surface area contributed by atoms with E-state index in [2.05, 4.69) is 5.10 Å².